The van der Waals surface area contributed by atoms with Crippen molar-refractivity contribution in [1.29, 1.82) is 0 Å². The van der Waals surface area contributed by atoms with E-state index in [0.717, 1.165) is 18.5 Å². The molecule has 1 heterocycles. The zero-order chi connectivity index (χ0) is 17.2. The molecule has 2 aromatic carbocycles. The highest BCUT2D eigenvalue weighted by molar-refractivity contribution is 5.86. The van der Waals surface area contributed by atoms with E-state index in [2.05, 4.69) is 10.6 Å². The van der Waals surface area contributed by atoms with Crippen molar-refractivity contribution in [1.82, 2.24) is 5.32 Å². The summed E-state index contributed by atoms with van der Waals surface area (Å²) in [7, 11) is 0. The van der Waals surface area contributed by atoms with E-state index in [9.17, 15) is 9.18 Å². The predicted molar refractivity (Wildman–Crippen MR) is 91.4 cm³/mol. The standard InChI is InChI=1S/C19H19FN2O3/c20-13-3-1-12(2-4-13)18(19(23)22-14-5-6-14)21-15-7-8-16-17(11-15)25-10-9-24-16/h1-4,7-8,11,14,18,21H,5-6,9-10H2,(H,22,23). The van der Waals surface area contributed by atoms with Crippen LogP contribution in [0.2, 0.25) is 0 Å². The summed E-state index contributed by atoms with van der Waals surface area (Å²) >= 11 is 0. The van der Waals surface area contributed by atoms with Crippen LogP contribution in [0.25, 0.3) is 0 Å². The lowest BCUT2D eigenvalue weighted by Crippen LogP contribution is -2.34. The van der Waals surface area contributed by atoms with Gasteiger partial charge in [-0.25, -0.2) is 4.39 Å². The van der Waals surface area contributed by atoms with Crippen molar-refractivity contribution in [2.75, 3.05) is 18.5 Å². The fourth-order valence-corrected chi connectivity index (χ4v) is 2.77. The average molecular weight is 342 g/mol. The molecule has 2 aromatic rings. The minimum absolute atomic E-state index is 0.121. The summed E-state index contributed by atoms with van der Waals surface area (Å²) < 4.78 is 24.3. The third kappa shape index (κ3) is 3.68. The quantitative estimate of drug-likeness (QED) is 0.877. The van der Waals surface area contributed by atoms with Crippen molar-refractivity contribution in [3.05, 3.63) is 53.8 Å². The van der Waals surface area contributed by atoms with E-state index in [1.54, 1.807) is 12.1 Å². The molecule has 2 aliphatic rings. The van der Waals surface area contributed by atoms with E-state index in [4.69, 9.17) is 9.47 Å². The van der Waals surface area contributed by atoms with Crippen LogP contribution in [0, 0.1) is 5.82 Å². The maximum absolute atomic E-state index is 13.2. The number of hydrogen-bond donors (Lipinski definition) is 2. The van der Waals surface area contributed by atoms with Gasteiger partial charge < -0.3 is 20.1 Å². The molecule has 1 aliphatic heterocycles. The van der Waals surface area contributed by atoms with E-state index >= 15 is 0 Å². The van der Waals surface area contributed by atoms with Gasteiger partial charge in [-0.15, -0.1) is 0 Å². The number of benzene rings is 2. The van der Waals surface area contributed by atoms with E-state index in [-0.39, 0.29) is 17.8 Å². The first-order valence-corrected chi connectivity index (χ1v) is 8.41. The van der Waals surface area contributed by atoms with E-state index in [1.165, 1.54) is 12.1 Å². The average Bonchev–Trinajstić information content (AvgIpc) is 3.44. The number of carbonyl (C=O) groups is 1. The number of amides is 1. The molecule has 0 aromatic heterocycles. The molecule has 130 valence electrons. The molecule has 1 aliphatic carbocycles. The molecule has 0 spiro atoms. The molecule has 4 rings (SSSR count). The third-order valence-corrected chi connectivity index (χ3v) is 4.24. The third-order valence-electron chi connectivity index (χ3n) is 4.24. The van der Waals surface area contributed by atoms with Gasteiger partial charge in [-0.05, 0) is 42.7 Å². The van der Waals surface area contributed by atoms with Gasteiger partial charge in [0.1, 0.15) is 25.1 Å². The summed E-state index contributed by atoms with van der Waals surface area (Å²) in [5, 5.41) is 6.23. The molecule has 2 N–H and O–H groups in total. The highest BCUT2D eigenvalue weighted by atomic mass is 19.1. The molecule has 1 atom stereocenters. The van der Waals surface area contributed by atoms with Crippen LogP contribution in [0.5, 0.6) is 11.5 Å². The molecule has 1 amide bonds. The molecule has 5 nitrogen and oxygen atoms in total. The lowest BCUT2D eigenvalue weighted by atomic mass is 10.1. The van der Waals surface area contributed by atoms with Gasteiger partial charge in [0.2, 0.25) is 5.91 Å². The Morgan fingerprint density at radius 2 is 1.76 bits per heavy atom. The molecular formula is C19H19FN2O3. The van der Waals surface area contributed by atoms with Crippen LogP contribution in [-0.4, -0.2) is 25.2 Å². The summed E-state index contributed by atoms with van der Waals surface area (Å²) in [6.45, 7) is 1.03. The second-order valence-electron chi connectivity index (χ2n) is 6.27. The summed E-state index contributed by atoms with van der Waals surface area (Å²) in [5.74, 6) is 0.891. The molecule has 6 heteroatoms. The lowest BCUT2D eigenvalue weighted by Gasteiger charge is -2.22. The summed E-state index contributed by atoms with van der Waals surface area (Å²) in [5.41, 5.74) is 1.44. The van der Waals surface area contributed by atoms with E-state index in [1.807, 2.05) is 18.2 Å². The summed E-state index contributed by atoms with van der Waals surface area (Å²) in [4.78, 5) is 12.6. The highest BCUT2D eigenvalue weighted by Gasteiger charge is 2.28. The van der Waals surface area contributed by atoms with E-state index < -0.39 is 6.04 Å². The Kier molecular flexibility index (Phi) is 4.17. The number of nitrogens with one attached hydrogen (secondary N) is 2. The summed E-state index contributed by atoms with van der Waals surface area (Å²) in [6, 6.07) is 11.1. The lowest BCUT2D eigenvalue weighted by molar-refractivity contribution is -0.122. The number of ether oxygens (including phenoxy) is 2. The van der Waals surface area contributed by atoms with Crippen LogP contribution in [0.15, 0.2) is 42.5 Å². The first kappa shape index (κ1) is 15.7. The minimum atomic E-state index is -0.608. The molecule has 1 unspecified atom stereocenters. The van der Waals surface area contributed by atoms with Crippen molar-refractivity contribution in [2.24, 2.45) is 0 Å². The van der Waals surface area contributed by atoms with E-state index in [0.29, 0.717) is 30.3 Å². The van der Waals surface area contributed by atoms with Crippen molar-refractivity contribution in [3.63, 3.8) is 0 Å². The van der Waals surface area contributed by atoms with Gasteiger partial charge in [-0.1, -0.05) is 12.1 Å². The number of hydrogen-bond acceptors (Lipinski definition) is 4. The molecule has 0 radical (unpaired) electrons. The van der Waals surface area contributed by atoms with Gasteiger partial charge in [0.05, 0.1) is 0 Å². The number of rotatable bonds is 5. The molecule has 25 heavy (non-hydrogen) atoms. The summed E-state index contributed by atoms with van der Waals surface area (Å²) in [6.07, 6.45) is 2.01. The van der Waals surface area contributed by atoms with Crippen molar-refractivity contribution >= 4 is 11.6 Å². The number of anilines is 1. The Hall–Kier alpha value is -2.76. The molecule has 0 bridgehead atoms. The Morgan fingerprint density at radius 1 is 1.04 bits per heavy atom. The Balaban J connectivity index is 1.58. The normalized spacial score (nSPS) is 16.8. The van der Waals surface area contributed by atoms with Crippen LogP contribution in [0.4, 0.5) is 10.1 Å². The zero-order valence-corrected chi connectivity index (χ0v) is 13.6. The van der Waals surface area contributed by atoms with Crippen molar-refractivity contribution in [2.45, 2.75) is 24.9 Å². The molecular weight excluding hydrogens is 323 g/mol. The highest BCUT2D eigenvalue weighted by Crippen LogP contribution is 2.34. The second-order valence-corrected chi connectivity index (χ2v) is 6.27. The smallest absolute Gasteiger partial charge is 0.247 e. The maximum atomic E-state index is 13.2. The Labute approximate surface area is 145 Å². The van der Waals surface area contributed by atoms with Crippen LogP contribution in [0.1, 0.15) is 24.4 Å². The van der Waals surface area contributed by atoms with Crippen molar-refractivity contribution in [3.8, 4) is 11.5 Å². The Bertz CT molecular complexity index is 775. The SMILES string of the molecule is O=C(NC1CC1)C(Nc1ccc2c(c1)OCCO2)c1ccc(F)cc1. The molecule has 1 saturated carbocycles. The number of halogens is 1. The number of fused-ring (bicyclic) bond motifs is 1. The predicted octanol–water partition coefficient (Wildman–Crippen LogP) is 3.03. The second kappa shape index (κ2) is 6.63. The monoisotopic (exact) mass is 342 g/mol. The fourth-order valence-electron chi connectivity index (χ4n) is 2.77. The number of carbonyl (C=O) groups excluding carboxylic acids is 1. The van der Waals surface area contributed by atoms with Crippen LogP contribution < -0.4 is 20.1 Å². The molecule has 0 saturated heterocycles. The van der Waals surface area contributed by atoms with Crippen LogP contribution in [-0.2, 0) is 4.79 Å². The van der Waals surface area contributed by atoms with Gasteiger partial charge in [0, 0.05) is 17.8 Å². The minimum Gasteiger partial charge on any atom is -0.486 e. The van der Waals surface area contributed by atoms with Crippen molar-refractivity contribution < 1.29 is 18.7 Å². The van der Waals surface area contributed by atoms with Gasteiger partial charge in [-0.2, -0.15) is 0 Å². The zero-order valence-electron chi connectivity index (χ0n) is 13.6. The fraction of sp³-hybridized carbons (Fsp3) is 0.316. The topological polar surface area (TPSA) is 59.6 Å². The Morgan fingerprint density at radius 3 is 2.48 bits per heavy atom. The first-order chi connectivity index (χ1) is 12.2. The first-order valence-electron chi connectivity index (χ1n) is 8.41. The molecule has 1 fully saturated rings. The van der Waals surface area contributed by atoms with Gasteiger partial charge in [0.25, 0.3) is 0 Å². The van der Waals surface area contributed by atoms with Gasteiger partial charge in [0.15, 0.2) is 11.5 Å². The van der Waals surface area contributed by atoms with Crippen LogP contribution >= 0.6 is 0 Å². The largest absolute Gasteiger partial charge is 0.486 e. The van der Waals surface area contributed by atoms with Gasteiger partial charge >= 0.3 is 0 Å². The van der Waals surface area contributed by atoms with Gasteiger partial charge in [-0.3, -0.25) is 4.79 Å². The maximum Gasteiger partial charge on any atom is 0.247 e. The van der Waals surface area contributed by atoms with Crippen LogP contribution in [0.3, 0.4) is 0 Å².